The number of amides is 1. The van der Waals surface area contributed by atoms with Gasteiger partial charge < -0.3 is 19.4 Å². The summed E-state index contributed by atoms with van der Waals surface area (Å²) in [6.45, 7) is 7.61. The molecule has 2 heterocycles. The third-order valence-electron chi connectivity index (χ3n) is 5.28. The number of carbonyl (C=O) groups is 1. The zero-order valence-corrected chi connectivity index (χ0v) is 19.2. The summed E-state index contributed by atoms with van der Waals surface area (Å²) in [7, 11) is 0. The molecule has 1 fully saturated rings. The van der Waals surface area contributed by atoms with Crippen molar-refractivity contribution in [2.75, 3.05) is 22.9 Å². The molecule has 0 aromatic heterocycles. The minimum absolute atomic E-state index is 0. The quantitative estimate of drug-likeness (QED) is 0.437. The van der Waals surface area contributed by atoms with Crippen molar-refractivity contribution in [3.63, 3.8) is 0 Å². The summed E-state index contributed by atoms with van der Waals surface area (Å²) in [5, 5.41) is 0. The van der Waals surface area contributed by atoms with Gasteiger partial charge in [-0.05, 0) is 51.1 Å². The van der Waals surface area contributed by atoms with Crippen LogP contribution in [0.3, 0.4) is 0 Å². The van der Waals surface area contributed by atoms with Crippen molar-refractivity contribution < 1.29 is 9.53 Å². The third kappa shape index (κ3) is 3.73. The summed E-state index contributed by atoms with van der Waals surface area (Å²) < 4.78 is 6.03. The first kappa shape index (κ1) is 21.2. The third-order valence-corrected chi connectivity index (χ3v) is 5.28. The number of fused-ring (bicyclic) bond motifs is 1. The Hall–Kier alpha value is -2.48. The number of anilines is 2. The van der Waals surface area contributed by atoms with Crippen LogP contribution in [0.1, 0.15) is 20.8 Å². The van der Waals surface area contributed by atoms with E-state index in [1.54, 1.807) is 0 Å². The molecule has 0 radical (unpaired) electrons. The molecule has 0 aliphatic carbocycles. The highest BCUT2D eigenvalue weighted by molar-refractivity contribution is 14.0. The van der Waals surface area contributed by atoms with Crippen LogP contribution in [0.15, 0.2) is 78.3 Å². The van der Waals surface area contributed by atoms with Crippen molar-refractivity contribution in [3.8, 4) is 5.75 Å². The molecule has 2 aliphatic heterocycles. The molecule has 0 N–H and O–H groups in total. The molecule has 1 amide bonds. The van der Waals surface area contributed by atoms with Crippen molar-refractivity contribution in [1.82, 2.24) is 4.90 Å². The molecule has 2 aliphatic rings. The Balaban J connectivity index is 0.00000240. The Bertz CT molecular complexity index is 942. The van der Waals surface area contributed by atoms with Crippen LogP contribution >= 0.6 is 24.0 Å². The van der Waals surface area contributed by atoms with Crippen LogP contribution in [-0.2, 0) is 4.79 Å². The molecule has 4 rings (SSSR count). The van der Waals surface area contributed by atoms with Gasteiger partial charge in [-0.25, -0.2) is 0 Å². The Labute approximate surface area is 189 Å². The van der Waals surface area contributed by atoms with Gasteiger partial charge in [-0.3, -0.25) is 4.79 Å². The van der Waals surface area contributed by atoms with Crippen molar-refractivity contribution in [3.05, 3.63) is 78.3 Å². The fourth-order valence-corrected chi connectivity index (χ4v) is 3.92. The summed E-state index contributed by atoms with van der Waals surface area (Å²) >= 11 is 0. The van der Waals surface area contributed by atoms with E-state index in [1.165, 1.54) is 0 Å². The lowest BCUT2D eigenvalue weighted by atomic mass is 10.2. The van der Waals surface area contributed by atoms with Gasteiger partial charge in [-0.1, -0.05) is 30.3 Å². The maximum atomic E-state index is 13.0. The van der Waals surface area contributed by atoms with E-state index in [4.69, 9.17) is 4.74 Å². The van der Waals surface area contributed by atoms with Gasteiger partial charge in [0, 0.05) is 24.9 Å². The average Bonchev–Trinajstić information content (AvgIpc) is 3.20. The first-order valence-electron chi connectivity index (χ1n) is 9.77. The number of halogens is 1. The number of hydrogen-bond donors (Lipinski definition) is 0. The lowest BCUT2D eigenvalue weighted by molar-refractivity contribution is -0.125. The van der Waals surface area contributed by atoms with Gasteiger partial charge in [-0.15, -0.1) is 24.0 Å². The molecule has 152 valence electrons. The van der Waals surface area contributed by atoms with Crippen LogP contribution in [0.5, 0.6) is 5.75 Å². The molecular weight excluding hydrogens is 477 g/mol. The van der Waals surface area contributed by atoms with E-state index in [2.05, 4.69) is 23.6 Å². The van der Waals surface area contributed by atoms with Crippen LogP contribution in [0.2, 0.25) is 0 Å². The van der Waals surface area contributed by atoms with E-state index in [-0.39, 0.29) is 36.0 Å². The first-order chi connectivity index (χ1) is 13.7. The number of carbonyl (C=O) groups excluding carboxylic acids is 1. The zero-order chi connectivity index (χ0) is 19.7. The normalized spacial score (nSPS) is 20.9. The van der Waals surface area contributed by atoms with Crippen molar-refractivity contribution in [1.29, 1.82) is 0 Å². The van der Waals surface area contributed by atoms with Gasteiger partial charge in [-0.2, -0.15) is 0 Å². The SMILES string of the molecule is CCN1C(=CC=C2C(=O)N(CC)C(C)N2c2ccccc2)Oc2ccccc21.I. The Morgan fingerprint density at radius 3 is 2.34 bits per heavy atom. The molecule has 6 heteroatoms. The Morgan fingerprint density at radius 1 is 0.966 bits per heavy atom. The predicted molar refractivity (Wildman–Crippen MR) is 127 cm³/mol. The van der Waals surface area contributed by atoms with Crippen molar-refractivity contribution in [2.45, 2.75) is 26.9 Å². The van der Waals surface area contributed by atoms with Gasteiger partial charge in [0.15, 0.2) is 5.75 Å². The molecule has 0 spiro atoms. The van der Waals surface area contributed by atoms with E-state index >= 15 is 0 Å². The monoisotopic (exact) mass is 503 g/mol. The second kappa shape index (κ2) is 8.90. The predicted octanol–water partition coefficient (Wildman–Crippen LogP) is 4.96. The molecule has 0 saturated carbocycles. The summed E-state index contributed by atoms with van der Waals surface area (Å²) in [6.07, 6.45) is 3.75. The number of para-hydroxylation sites is 3. The molecule has 1 atom stereocenters. The van der Waals surface area contributed by atoms with Gasteiger partial charge in [0.1, 0.15) is 11.9 Å². The molecule has 0 bridgehead atoms. The number of rotatable bonds is 4. The highest BCUT2D eigenvalue weighted by Gasteiger charge is 2.38. The molecule has 29 heavy (non-hydrogen) atoms. The number of benzene rings is 2. The van der Waals surface area contributed by atoms with E-state index in [1.807, 2.05) is 78.6 Å². The Kier molecular flexibility index (Phi) is 6.52. The van der Waals surface area contributed by atoms with Gasteiger partial charge in [0.25, 0.3) is 5.91 Å². The van der Waals surface area contributed by atoms with Crippen molar-refractivity contribution >= 4 is 41.3 Å². The van der Waals surface area contributed by atoms with E-state index < -0.39 is 0 Å². The van der Waals surface area contributed by atoms with E-state index in [0.717, 1.165) is 29.6 Å². The average molecular weight is 503 g/mol. The smallest absolute Gasteiger partial charge is 0.272 e. The highest BCUT2D eigenvalue weighted by atomic mass is 127. The number of ether oxygens (including phenoxy) is 1. The second-order valence-corrected chi connectivity index (χ2v) is 6.80. The fraction of sp³-hybridized carbons (Fsp3) is 0.261. The van der Waals surface area contributed by atoms with Crippen LogP contribution in [0.25, 0.3) is 0 Å². The van der Waals surface area contributed by atoms with Crippen LogP contribution in [0, 0.1) is 0 Å². The van der Waals surface area contributed by atoms with Crippen LogP contribution < -0.4 is 14.5 Å². The van der Waals surface area contributed by atoms with Crippen LogP contribution in [-0.4, -0.2) is 30.1 Å². The summed E-state index contributed by atoms with van der Waals surface area (Å²) in [5.41, 5.74) is 2.71. The van der Waals surface area contributed by atoms with Gasteiger partial charge >= 0.3 is 0 Å². The number of allylic oxidation sites excluding steroid dienone is 2. The first-order valence-corrected chi connectivity index (χ1v) is 9.77. The van der Waals surface area contributed by atoms with Crippen LogP contribution in [0.4, 0.5) is 11.4 Å². The molecule has 1 saturated heterocycles. The minimum atomic E-state index is -0.0338. The molecule has 2 aromatic carbocycles. The number of nitrogens with zero attached hydrogens (tertiary/aromatic N) is 3. The lowest BCUT2D eigenvalue weighted by Gasteiger charge is -2.27. The van der Waals surface area contributed by atoms with Gasteiger partial charge in [0.2, 0.25) is 5.88 Å². The minimum Gasteiger partial charge on any atom is -0.439 e. The summed E-state index contributed by atoms with van der Waals surface area (Å²) in [5.74, 6) is 1.61. The molecular formula is C23H26IN3O2. The van der Waals surface area contributed by atoms with E-state index in [0.29, 0.717) is 12.2 Å². The zero-order valence-electron chi connectivity index (χ0n) is 16.9. The number of hydrogen-bond acceptors (Lipinski definition) is 4. The molecule has 5 nitrogen and oxygen atoms in total. The largest absolute Gasteiger partial charge is 0.439 e. The standard InChI is InChI=1S/C23H25N3O2.HI/c1-4-24-17(3)26(18-11-7-6-8-12-18)20(23(24)27)15-16-22-25(5-2)19-13-9-10-14-21(19)28-22;/h6-17H,4-5H2,1-3H3;1H. The van der Waals surface area contributed by atoms with Crippen molar-refractivity contribution in [2.24, 2.45) is 0 Å². The highest BCUT2D eigenvalue weighted by Crippen LogP contribution is 2.38. The topological polar surface area (TPSA) is 36.0 Å². The maximum Gasteiger partial charge on any atom is 0.272 e. The maximum absolute atomic E-state index is 13.0. The fourth-order valence-electron chi connectivity index (χ4n) is 3.92. The summed E-state index contributed by atoms with van der Waals surface area (Å²) in [4.78, 5) is 19.1. The summed E-state index contributed by atoms with van der Waals surface area (Å²) in [6, 6.07) is 18.0. The molecule has 2 aromatic rings. The lowest BCUT2D eigenvalue weighted by Crippen LogP contribution is -2.36. The number of likely N-dealkylation sites (N-methyl/N-ethyl adjacent to an activating group) is 1. The van der Waals surface area contributed by atoms with E-state index in [9.17, 15) is 4.79 Å². The molecule has 1 unspecified atom stereocenters. The second-order valence-electron chi connectivity index (χ2n) is 6.80. The Morgan fingerprint density at radius 2 is 1.66 bits per heavy atom. The van der Waals surface area contributed by atoms with Gasteiger partial charge in [0.05, 0.1) is 5.69 Å².